The average Bonchev–Trinajstić information content (AvgIpc) is 2.86. The molecule has 5 nitrogen and oxygen atoms in total. The molecule has 2 aliphatic rings. The number of carbonyl (C=O) groups excluding carboxylic acids is 1. The first-order valence-corrected chi connectivity index (χ1v) is 8.38. The summed E-state index contributed by atoms with van der Waals surface area (Å²) < 4.78 is 11.4. The Morgan fingerprint density at radius 2 is 1.82 bits per heavy atom. The van der Waals surface area contributed by atoms with Gasteiger partial charge in [-0.15, -0.1) is 0 Å². The van der Waals surface area contributed by atoms with Crippen LogP contribution in [0.1, 0.15) is 29.6 Å². The predicted octanol–water partition coefficient (Wildman–Crippen LogP) is 2.43. The number of hydrogen-bond donors (Lipinski definition) is 1. The summed E-state index contributed by atoms with van der Waals surface area (Å²) in [5, 5.41) is 3.59. The molecule has 3 rings (SSSR count). The number of likely N-dealkylation sites (tertiary alicyclic amines) is 1. The van der Waals surface area contributed by atoms with Gasteiger partial charge in [-0.3, -0.25) is 4.79 Å². The Labute approximate surface area is 139 Å². The first kappa shape index (κ1) is 15.6. The number of methoxy groups -OCH3 is 2. The summed E-state index contributed by atoms with van der Waals surface area (Å²) in [4.78, 5) is 14.8. The highest BCUT2D eigenvalue weighted by atomic mass is 79.9. The molecule has 2 atom stereocenters. The summed E-state index contributed by atoms with van der Waals surface area (Å²) in [6.07, 6.45) is 3.40. The summed E-state index contributed by atoms with van der Waals surface area (Å²) >= 11 is 3.44. The average molecular weight is 369 g/mol. The summed E-state index contributed by atoms with van der Waals surface area (Å²) in [6, 6.07) is 4.53. The third kappa shape index (κ3) is 2.94. The second-order valence-corrected chi connectivity index (χ2v) is 6.67. The number of ether oxygens (including phenoxy) is 2. The maximum atomic E-state index is 12.8. The molecule has 0 spiro atoms. The number of hydrogen-bond acceptors (Lipinski definition) is 4. The van der Waals surface area contributed by atoms with Gasteiger partial charge in [0.25, 0.3) is 5.91 Å². The topological polar surface area (TPSA) is 50.8 Å². The molecule has 1 N–H and O–H groups in total. The van der Waals surface area contributed by atoms with Crippen molar-refractivity contribution in [2.45, 2.75) is 31.3 Å². The molecule has 2 fully saturated rings. The summed E-state index contributed by atoms with van der Waals surface area (Å²) in [6.45, 7) is 1.57. The molecule has 2 aliphatic heterocycles. The Bertz CT molecular complexity index is 554. The lowest BCUT2D eigenvalue weighted by molar-refractivity contribution is 0.0747. The minimum Gasteiger partial charge on any atom is -0.495 e. The smallest absolute Gasteiger partial charge is 0.254 e. The van der Waals surface area contributed by atoms with Crippen molar-refractivity contribution >= 4 is 21.8 Å². The Morgan fingerprint density at radius 3 is 2.45 bits per heavy atom. The SMILES string of the molecule is COc1cc(C(=O)N2CCC3CCC(C2)N3)cc(OC)c1Br. The van der Waals surface area contributed by atoms with Crippen LogP contribution in [0, 0.1) is 0 Å². The molecule has 2 bridgehead atoms. The van der Waals surface area contributed by atoms with Crippen LogP contribution in [-0.4, -0.2) is 50.2 Å². The Kier molecular flexibility index (Phi) is 4.59. The number of nitrogens with one attached hydrogen (secondary N) is 1. The number of rotatable bonds is 3. The van der Waals surface area contributed by atoms with Crippen molar-refractivity contribution in [2.24, 2.45) is 0 Å². The van der Waals surface area contributed by atoms with Crippen molar-refractivity contribution in [3.8, 4) is 11.5 Å². The van der Waals surface area contributed by atoms with Gasteiger partial charge in [-0.2, -0.15) is 0 Å². The Morgan fingerprint density at radius 1 is 1.18 bits per heavy atom. The van der Waals surface area contributed by atoms with Gasteiger partial charge in [0.1, 0.15) is 16.0 Å². The van der Waals surface area contributed by atoms with Crippen LogP contribution >= 0.6 is 15.9 Å². The van der Waals surface area contributed by atoms with E-state index in [0.29, 0.717) is 29.1 Å². The van der Waals surface area contributed by atoms with E-state index in [0.717, 1.165) is 30.4 Å². The molecule has 0 saturated carbocycles. The van der Waals surface area contributed by atoms with E-state index in [-0.39, 0.29) is 5.91 Å². The van der Waals surface area contributed by atoms with Gasteiger partial charge in [0.05, 0.1) is 14.2 Å². The minimum absolute atomic E-state index is 0.0402. The van der Waals surface area contributed by atoms with Crippen LogP contribution in [0.15, 0.2) is 16.6 Å². The molecule has 2 saturated heterocycles. The number of fused-ring (bicyclic) bond motifs is 2. The highest BCUT2D eigenvalue weighted by Gasteiger charge is 2.31. The summed E-state index contributed by atoms with van der Waals surface area (Å²) in [5.74, 6) is 1.26. The number of benzene rings is 1. The van der Waals surface area contributed by atoms with Gasteiger partial charge in [-0.05, 0) is 47.3 Å². The molecular formula is C16H21BrN2O3. The van der Waals surface area contributed by atoms with Crippen molar-refractivity contribution in [3.63, 3.8) is 0 Å². The van der Waals surface area contributed by atoms with Crippen molar-refractivity contribution in [2.75, 3.05) is 27.3 Å². The third-order valence-electron chi connectivity index (χ3n) is 4.50. The van der Waals surface area contributed by atoms with Gasteiger partial charge < -0.3 is 19.7 Å². The molecule has 0 aliphatic carbocycles. The van der Waals surface area contributed by atoms with Gasteiger partial charge in [-0.1, -0.05) is 0 Å². The first-order chi connectivity index (χ1) is 10.6. The summed E-state index contributed by atoms with van der Waals surface area (Å²) in [7, 11) is 3.17. The second-order valence-electron chi connectivity index (χ2n) is 5.87. The fraction of sp³-hybridized carbons (Fsp3) is 0.562. The van der Waals surface area contributed by atoms with Crippen molar-refractivity contribution in [3.05, 3.63) is 22.2 Å². The van der Waals surface area contributed by atoms with E-state index in [9.17, 15) is 4.79 Å². The molecular weight excluding hydrogens is 348 g/mol. The fourth-order valence-electron chi connectivity index (χ4n) is 3.30. The molecule has 1 aromatic rings. The minimum atomic E-state index is 0.0402. The van der Waals surface area contributed by atoms with Crippen LogP contribution in [0.5, 0.6) is 11.5 Å². The molecule has 6 heteroatoms. The van der Waals surface area contributed by atoms with Crippen molar-refractivity contribution in [1.29, 1.82) is 0 Å². The second kappa shape index (κ2) is 6.46. The van der Waals surface area contributed by atoms with E-state index in [1.54, 1.807) is 26.4 Å². The lowest BCUT2D eigenvalue weighted by Crippen LogP contribution is -2.39. The van der Waals surface area contributed by atoms with Crippen LogP contribution in [0.4, 0.5) is 0 Å². The van der Waals surface area contributed by atoms with E-state index >= 15 is 0 Å². The molecule has 2 heterocycles. The highest BCUT2D eigenvalue weighted by Crippen LogP contribution is 2.36. The van der Waals surface area contributed by atoms with Gasteiger partial charge >= 0.3 is 0 Å². The van der Waals surface area contributed by atoms with E-state index < -0.39 is 0 Å². The Balaban J connectivity index is 1.85. The number of nitrogens with zero attached hydrogens (tertiary/aromatic N) is 1. The van der Waals surface area contributed by atoms with E-state index in [1.807, 2.05) is 4.90 Å². The van der Waals surface area contributed by atoms with Crippen LogP contribution in [0.25, 0.3) is 0 Å². The normalized spacial score (nSPS) is 24.0. The summed E-state index contributed by atoms with van der Waals surface area (Å²) in [5.41, 5.74) is 0.606. The zero-order valence-electron chi connectivity index (χ0n) is 12.9. The first-order valence-electron chi connectivity index (χ1n) is 7.59. The zero-order chi connectivity index (χ0) is 15.7. The molecule has 0 aromatic heterocycles. The van der Waals surface area contributed by atoms with Crippen LogP contribution in [0.3, 0.4) is 0 Å². The van der Waals surface area contributed by atoms with Crippen LogP contribution in [-0.2, 0) is 0 Å². The van der Waals surface area contributed by atoms with Gasteiger partial charge in [0.15, 0.2) is 0 Å². The van der Waals surface area contributed by atoms with E-state index in [1.165, 1.54) is 6.42 Å². The largest absolute Gasteiger partial charge is 0.495 e. The maximum absolute atomic E-state index is 12.8. The van der Waals surface area contributed by atoms with Crippen molar-refractivity contribution in [1.82, 2.24) is 10.2 Å². The predicted molar refractivity (Wildman–Crippen MR) is 87.7 cm³/mol. The standard InChI is InChI=1S/C16H21BrN2O3/c1-21-13-7-10(8-14(22-2)15(13)17)16(20)19-6-5-11-3-4-12(9-19)18-11/h7-8,11-12,18H,3-6,9H2,1-2H3. The van der Waals surface area contributed by atoms with Gasteiger partial charge in [0, 0.05) is 30.7 Å². The number of halogens is 1. The molecule has 1 aromatic carbocycles. The van der Waals surface area contributed by atoms with Gasteiger partial charge in [0.2, 0.25) is 0 Å². The molecule has 1 amide bonds. The van der Waals surface area contributed by atoms with E-state index in [4.69, 9.17) is 9.47 Å². The quantitative estimate of drug-likeness (QED) is 0.889. The third-order valence-corrected chi connectivity index (χ3v) is 5.28. The monoisotopic (exact) mass is 368 g/mol. The maximum Gasteiger partial charge on any atom is 0.254 e. The highest BCUT2D eigenvalue weighted by molar-refractivity contribution is 9.10. The zero-order valence-corrected chi connectivity index (χ0v) is 14.5. The van der Waals surface area contributed by atoms with E-state index in [2.05, 4.69) is 21.2 Å². The molecule has 120 valence electrons. The number of amides is 1. The lowest BCUT2D eigenvalue weighted by atomic mass is 10.1. The fourth-order valence-corrected chi connectivity index (χ4v) is 3.86. The van der Waals surface area contributed by atoms with Crippen molar-refractivity contribution < 1.29 is 14.3 Å². The molecule has 22 heavy (non-hydrogen) atoms. The van der Waals surface area contributed by atoms with Crippen LogP contribution < -0.4 is 14.8 Å². The lowest BCUT2D eigenvalue weighted by Gasteiger charge is -2.25. The van der Waals surface area contributed by atoms with Gasteiger partial charge in [-0.25, -0.2) is 0 Å². The molecule has 2 unspecified atom stereocenters. The number of carbonyl (C=O) groups is 1. The molecule has 0 radical (unpaired) electrons. The van der Waals surface area contributed by atoms with Crippen LogP contribution in [0.2, 0.25) is 0 Å². The Hall–Kier alpha value is -1.27.